The van der Waals surface area contributed by atoms with Crippen LogP contribution in [0.3, 0.4) is 0 Å². The molecule has 0 saturated carbocycles. The van der Waals surface area contributed by atoms with E-state index in [0.717, 1.165) is 5.39 Å². The van der Waals surface area contributed by atoms with Crippen molar-refractivity contribution in [2.24, 2.45) is 5.92 Å². The number of hydrazine groups is 1. The van der Waals surface area contributed by atoms with Gasteiger partial charge in [-0.3, -0.25) is 10.2 Å². The van der Waals surface area contributed by atoms with Crippen molar-refractivity contribution in [3.05, 3.63) is 52.6 Å². The van der Waals surface area contributed by atoms with Crippen molar-refractivity contribution < 1.29 is 28.3 Å². The largest absolute Gasteiger partial charge is 0.475 e. The Kier molecular flexibility index (Phi) is 10.6. The minimum absolute atomic E-state index is 0.0224. The van der Waals surface area contributed by atoms with E-state index in [-0.39, 0.29) is 36.6 Å². The number of benzene rings is 2. The maximum absolute atomic E-state index is 13.1. The number of rotatable bonds is 13. The quantitative estimate of drug-likeness (QED) is 0.0475. The van der Waals surface area contributed by atoms with Crippen molar-refractivity contribution in [1.29, 1.82) is 5.41 Å². The first-order chi connectivity index (χ1) is 16.9. The number of nitrogens with one attached hydrogen (secondary N) is 5. The highest BCUT2D eigenvalue weighted by molar-refractivity contribution is 7.89. The summed E-state index contributed by atoms with van der Waals surface area (Å²) in [5.41, 5.74) is 1.63. The second-order valence-corrected chi connectivity index (χ2v) is 10.4. The number of nitrogens with zero attached hydrogens (tertiary/aromatic N) is 1. The van der Waals surface area contributed by atoms with Crippen molar-refractivity contribution in [2.45, 2.75) is 50.0 Å². The van der Waals surface area contributed by atoms with E-state index in [1.54, 1.807) is 23.6 Å². The van der Waals surface area contributed by atoms with Gasteiger partial charge in [-0.05, 0) is 48.1 Å². The topological polar surface area (TPSA) is 207 Å². The van der Waals surface area contributed by atoms with Crippen LogP contribution in [0.4, 0.5) is 0 Å². The average Bonchev–Trinajstić information content (AvgIpc) is 2.79. The van der Waals surface area contributed by atoms with Crippen LogP contribution in [0.2, 0.25) is 0 Å². The van der Waals surface area contributed by atoms with Crippen LogP contribution in [-0.2, 0) is 14.8 Å². The number of carbonyl (C=O) groups is 1. The van der Waals surface area contributed by atoms with E-state index in [2.05, 4.69) is 15.4 Å². The molecule has 0 bridgehead atoms. The number of nitro groups is 1. The molecule has 0 fully saturated rings. The van der Waals surface area contributed by atoms with Crippen LogP contribution in [0.15, 0.2) is 47.4 Å². The molecule has 2 aromatic rings. The third-order valence-electron chi connectivity index (χ3n) is 5.23. The van der Waals surface area contributed by atoms with E-state index < -0.39 is 46.0 Å². The Morgan fingerprint density at radius 3 is 2.44 bits per heavy atom. The average molecular weight is 522 g/mol. The number of fused-ring (bicyclic) bond motifs is 1. The van der Waals surface area contributed by atoms with Gasteiger partial charge in [-0.15, -0.1) is 0 Å². The lowest BCUT2D eigenvalue weighted by Gasteiger charge is -2.24. The number of sulfonamides is 1. The van der Waals surface area contributed by atoms with Gasteiger partial charge in [0, 0.05) is 6.54 Å². The number of amides is 1. The van der Waals surface area contributed by atoms with Gasteiger partial charge in [-0.2, -0.15) is 4.72 Å². The van der Waals surface area contributed by atoms with Crippen LogP contribution >= 0.6 is 0 Å². The highest BCUT2D eigenvalue weighted by Gasteiger charge is 2.31. The minimum atomic E-state index is -4.14. The Bertz CT molecular complexity index is 1180. The van der Waals surface area contributed by atoms with E-state index in [1.807, 2.05) is 26.0 Å². The molecule has 7 N–H and O–H groups in total. The zero-order valence-electron chi connectivity index (χ0n) is 20.0. The van der Waals surface area contributed by atoms with E-state index >= 15 is 0 Å². The molecule has 0 saturated heterocycles. The monoisotopic (exact) mass is 522 g/mol. The number of hydrogen-bond donors (Lipinski definition) is 7. The lowest BCUT2D eigenvalue weighted by atomic mass is 9.75. The second kappa shape index (κ2) is 13.2. The summed E-state index contributed by atoms with van der Waals surface area (Å²) in [6.07, 6.45) is 0.378. The van der Waals surface area contributed by atoms with Crippen LogP contribution in [0.25, 0.3) is 10.8 Å². The lowest BCUT2D eigenvalue weighted by Crippen LogP contribution is -2.54. The van der Waals surface area contributed by atoms with E-state index in [4.69, 9.17) is 5.41 Å². The summed E-state index contributed by atoms with van der Waals surface area (Å²) >= 11 is 0. The third kappa shape index (κ3) is 9.07. The normalized spacial score (nSPS) is 13.1. The Morgan fingerprint density at radius 2 is 1.83 bits per heavy atom. The summed E-state index contributed by atoms with van der Waals surface area (Å²) in [4.78, 5) is 23.4. The van der Waals surface area contributed by atoms with Gasteiger partial charge in [0.2, 0.25) is 15.9 Å². The Balaban J connectivity index is 2.19. The molecule has 1 amide bonds. The van der Waals surface area contributed by atoms with Gasteiger partial charge >= 0.3 is 7.12 Å². The minimum Gasteiger partial charge on any atom is -0.426 e. The van der Waals surface area contributed by atoms with Gasteiger partial charge in [0.15, 0.2) is 5.03 Å². The maximum atomic E-state index is 13.1. The van der Waals surface area contributed by atoms with Gasteiger partial charge in [0.05, 0.1) is 10.8 Å². The van der Waals surface area contributed by atoms with Crippen molar-refractivity contribution in [3.8, 4) is 0 Å². The third-order valence-corrected chi connectivity index (χ3v) is 6.70. The molecule has 2 aromatic carbocycles. The SMILES string of the molecule is CC(C)C[C@H](NC(=O)[C@H](CCCNC(=N)N[N+](=O)[O-])NS(=O)(=O)c1ccc2ccccc2c1)B(O)O. The van der Waals surface area contributed by atoms with Gasteiger partial charge < -0.3 is 20.7 Å². The van der Waals surface area contributed by atoms with Crippen LogP contribution in [0.5, 0.6) is 0 Å². The highest BCUT2D eigenvalue weighted by atomic mass is 32.2. The van der Waals surface area contributed by atoms with Crippen LogP contribution in [0, 0.1) is 21.4 Å². The summed E-state index contributed by atoms with van der Waals surface area (Å²) in [7, 11) is -5.99. The maximum Gasteiger partial charge on any atom is 0.475 e. The summed E-state index contributed by atoms with van der Waals surface area (Å²) in [5, 5.41) is 42.7. The highest BCUT2D eigenvalue weighted by Crippen LogP contribution is 2.19. The molecule has 2 atom stereocenters. The summed E-state index contributed by atoms with van der Waals surface area (Å²) in [6, 6.07) is 10.5. The molecular formula is C21H31BN6O7S. The molecule has 0 unspecified atom stereocenters. The Labute approximate surface area is 209 Å². The summed E-state index contributed by atoms with van der Waals surface area (Å²) in [5.74, 6) is -2.30. The zero-order valence-corrected chi connectivity index (χ0v) is 20.8. The van der Waals surface area contributed by atoms with Gasteiger partial charge in [-0.1, -0.05) is 49.6 Å². The molecule has 0 aliphatic rings. The van der Waals surface area contributed by atoms with Crippen molar-refractivity contribution in [3.63, 3.8) is 0 Å². The predicted octanol–water partition coefficient (Wildman–Crippen LogP) is 0.115. The van der Waals surface area contributed by atoms with Crippen molar-refractivity contribution >= 4 is 39.8 Å². The Morgan fingerprint density at radius 1 is 1.17 bits per heavy atom. The molecule has 0 aliphatic carbocycles. The molecule has 0 aromatic heterocycles. The fourth-order valence-electron chi connectivity index (χ4n) is 3.53. The predicted molar refractivity (Wildman–Crippen MR) is 135 cm³/mol. The van der Waals surface area contributed by atoms with Gasteiger partial charge in [-0.25, -0.2) is 18.5 Å². The second-order valence-electron chi connectivity index (χ2n) is 8.65. The molecule has 196 valence electrons. The Hall–Kier alpha value is -3.27. The number of guanidine groups is 1. The summed E-state index contributed by atoms with van der Waals surface area (Å²) < 4.78 is 28.6. The molecule has 2 rings (SSSR count). The zero-order chi connectivity index (χ0) is 26.9. The molecule has 36 heavy (non-hydrogen) atoms. The standard InChI is InChI=1S/C21H31BN6O7S/c1-14(2)12-19(22(30)31)25-20(29)18(8-5-11-24-21(23)26-28(32)33)27-36(34,35)17-10-9-15-6-3-4-7-16(15)13-17/h3-4,6-7,9-10,13-14,18-19,27,30-31H,5,8,11-12H2,1-2H3,(H,25,29)(H3,23,24,26)/t18-,19-/m0/s1. The molecule has 0 radical (unpaired) electrons. The fraction of sp³-hybridized carbons (Fsp3) is 0.429. The van der Waals surface area contributed by atoms with Crippen LogP contribution in [0.1, 0.15) is 33.1 Å². The molecule has 0 heterocycles. The number of hydrogen-bond acceptors (Lipinski definition) is 8. The molecular weight excluding hydrogens is 491 g/mol. The molecule has 0 aliphatic heterocycles. The van der Waals surface area contributed by atoms with Crippen LogP contribution < -0.4 is 20.8 Å². The fourth-order valence-corrected chi connectivity index (χ4v) is 4.80. The molecule has 15 heteroatoms. The van der Waals surface area contributed by atoms with Crippen LogP contribution in [-0.4, -0.2) is 61.0 Å². The lowest BCUT2D eigenvalue weighted by molar-refractivity contribution is -0.525. The first-order valence-corrected chi connectivity index (χ1v) is 12.8. The van der Waals surface area contributed by atoms with E-state index in [1.165, 1.54) is 12.1 Å². The first-order valence-electron chi connectivity index (χ1n) is 11.3. The van der Waals surface area contributed by atoms with Gasteiger partial charge in [0.1, 0.15) is 6.04 Å². The molecule has 0 spiro atoms. The summed E-state index contributed by atoms with van der Waals surface area (Å²) in [6.45, 7) is 3.71. The van der Waals surface area contributed by atoms with Gasteiger partial charge in [0.25, 0.3) is 5.96 Å². The molecule has 13 nitrogen and oxygen atoms in total. The van der Waals surface area contributed by atoms with E-state index in [9.17, 15) is 33.4 Å². The van der Waals surface area contributed by atoms with Crippen molar-refractivity contribution in [2.75, 3.05) is 6.54 Å². The van der Waals surface area contributed by atoms with E-state index in [0.29, 0.717) is 5.39 Å². The van der Waals surface area contributed by atoms with Crippen molar-refractivity contribution in [1.82, 2.24) is 20.8 Å². The first kappa shape index (κ1) is 29.0. The number of carbonyl (C=O) groups excluding carboxylic acids is 1. The smallest absolute Gasteiger partial charge is 0.426 e.